The Labute approximate surface area is 116 Å². The number of aromatic nitrogens is 2. The fourth-order valence-electron chi connectivity index (χ4n) is 2.73. The van der Waals surface area contributed by atoms with Gasteiger partial charge in [0.25, 0.3) is 0 Å². The van der Waals surface area contributed by atoms with E-state index in [9.17, 15) is 0 Å². The van der Waals surface area contributed by atoms with Gasteiger partial charge in [-0.3, -0.25) is 0 Å². The first-order valence-electron chi connectivity index (χ1n) is 7.44. The molecule has 4 nitrogen and oxygen atoms in total. The molecule has 106 valence electrons. The van der Waals surface area contributed by atoms with Gasteiger partial charge in [0.15, 0.2) is 0 Å². The Kier molecular flexibility index (Phi) is 4.61. The summed E-state index contributed by atoms with van der Waals surface area (Å²) in [6.07, 6.45) is 3.43. The van der Waals surface area contributed by atoms with Gasteiger partial charge in [-0.05, 0) is 24.7 Å². The summed E-state index contributed by atoms with van der Waals surface area (Å²) in [5, 5.41) is 3.13. The molecule has 0 aliphatic carbocycles. The zero-order chi connectivity index (χ0) is 13.8. The molecule has 1 fully saturated rings. The highest BCUT2D eigenvalue weighted by molar-refractivity contribution is 5.49. The van der Waals surface area contributed by atoms with Crippen molar-refractivity contribution in [2.45, 2.75) is 40.0 Å². The molecule has 2 rings (SSSR count). The lowest BCUT2D eigenvalue weighted by atomic mass is 9.87. The standard InChI is InChI=1S/C15H26N4/c1-5-13-17-14(16-4)10-15(18-13)19-8-6-12(7-9-19)11(2)3/h10-12H,5-9H2,1-4H3,(H,16,17,18). The molecular weight excluding hydrogens is 236 g/mol. The van der Waals surface area contributed by atoms with Gasteiger partial charge in [0, 0.05) is 32.6 Å². The van der Waals surface area contributed by atoms with Gasteiger partial charge in [-0.25, -0.2) is 9.97 Å². The van der Waals surface area contributed by atoms with E-state index in [1.165, 1.54) is 12.8 Å². The average Bonchev–Trinajstić information content (AvgIpc) is 2.46. The van der Waals surface area contributed by atoms with Crippen LogP contribution in [-0.4, -0.2) is 30.1 Å². The summed E-state index contributed by atoms with van der Waals surface area (Å²) >= 11 is 0. The van der Waals surface area contributed by atoms with Crippen molar-refractivity contribution in [1.29, 1.82) is 0 Å². The molecule has 4 heteroatoms. The third kappa shape index (κ3) is 3.37. The maximum absolute atomic E-state index is 4.67. The molecule has 0 bridgehead atoms. The van der Waals surface area contributed by atoms with Crippen molar-refractivity contribution in [3.05, 3.63) is 11.9 Å². The predicted molar refractivity (Wildman–Crippen MR) is 80.7 cm³/mol. The second-order valence-corrected chi connectivity index (χ2v) is 5.70. The van der Waals surface area contributed by atoms with Gasteiger partial charge in [-0.1, -0.05) is 20.8 Å². The van der Waals surface area contributed by atoms with Crippen molar-refractivity contribution in [3.63, 3.8) is 0 Å². The number of hydrogen-bond acceptors (Lipinski definition) is 4. The van der Waals surface area contributed by atoms with Gasteiger partial charge in [0.1, 0.15) is 17.5 Å². The van der Waals surface area contributed by atoms with Crippen LogP contribution >= 0.6 is 0 Å². The highest BCUT2D eigenvalue weighted by Gasteiger charge is 2.22. The second kappa shape index (κ2) is 6.22. The van der Waals surface area contributed by atoms with E-state index in [1.54, 1.807) is 0 Å². The molecule has 1 aromatic heterocycles. The summed E-state index contributed by atoms with van der Waals surface area (Å²) in [4.78, 5) is 11.5. The molecule has 2 heterocycles. The minimum atomic E-state index is 0.798. The fraction of sp³-hybridized carbons (Fsp3) is 0.733. The molecule has 0 saturated carbocycles. The first-order valence-corrected chi connectivity index (χ1v) is 7.44. The first-order chi connectivity index (χ1) is 9.13. The van der Waals surface area contributed by atoms with E-state index in [0.717, 1.165) is 48.8 Å². The largest absolute Gasteiger partial charge is 0.373 e. The van der Waals surface area contributed by atoms with E-state index in [1.807, 2.05) is 7.05 Å². The van der Waals surface area contributed by atoms with Gasteiger partial charge in [0.2, 0.25) is 0 Å². The highest BCUT2D eigenvalue weighted by atomic mass is 15.2. The van der Waals surface area contributed by atoms with Crippen LogP contribution in [0.3, 0.4) is 0 Å². The molecule has 1 N–H and O–H groups in total. The molecular formula is C15H26N4. The van der Waals surface area contributed by atoms with Gasteiger partial charge in [0.05, 0.1) is 0 Å². The lowest BCUT2D eigenvalue weighted by Gasteiger charge is -2.34. The van der Waals surface area contributed by atoms with Crippen molar-refractivity contribution < 1.29 is 0 Å². The Balaban J connectivity index is 2.10. The van der Waals surface area contributed by atoms with Crippen molar-refractivity contribution >= 4 is 11.6 Å². The number of nitrogens with zero attached hydrogens (tertiary/aromatic N) is 3. The Morgan fingerprint density at radius 1 is 1.32 bits per heavy atom. The summed E-state index contributed by atoms with van der Waals surface area (Å²) in [6.45, 7) is 9.00. The SMILES string of the molecule is CCc1nc(NC)cc(N2CCC(C(C)C)CC2)n1. The zero-order valence-corrected chi connectivity index (χ0v) is 12.6. The molecule has 0 amide bonds. The molecule has 0 radical (unpaired) electrons. The molecule has 1 aromatic rings. The van der Waals surface area contributed by atoms with Crippen molar-refractivity contribution in [1.82, 2.24) is 9.97 Å². The first kappa shape index (κ1) is 14.1. The van der Waals surface area contributed by atoms with Gasteiger partial charge in [-0.2, -0.15) is 0 Å². The normalized spacial score (nSPS) is 17.0. The van der Waals surface area contributed by atoms with Gasteiger partial charge in [-0.15, -0.1) is 0 Å². The quantitative estimate of drug-likeness (QED) is 0.905. The molecule has 1 saturated heterocycles. The maximum Gasteiger partial charge on any atom is 0.134 e. The van der Waals surface area contributed by atoms with Crippen LogP contribution in [0.5, 0.6) is 0 Å². The topological polar surface area (TPSA) is 41.1 Å². The van der Waals surface area contributed by atoms with Crippen LogP contribution in [0.25, 0.3) is 0 Å². The molecule has 0 atom stereocenters. The van der Waals surface area contributed by atoms with Crippen LogP contribution in [0.2, 0.25) is 0 Å². The number of aryl methyl sites for hydroxylation is 1. The van der Waals surface area contributed by atoms with Crippen molar-refractivity contribution in [2.75, 3.05) is 30.4 Å². The minimum Gasteiger partial charge on any atom is -0.373 e. The Morgan fingerprint density at radius 3 is 2.53 bits per heavy atom. The Bertz CT molecular complexity index is 386. The third-order valence-corrected chi connectivity index (χ3v) is 4.14. The summed E-state index contributed by atoms with van der Waals surface area (Å²) in [6, 6.07) is 2.06. The van der Waals surface area contributed by atoms with Gasteiger partial charge >= 0.3 is 0 Å². The number of piperidine rings is 1. The van der Waals surface area contributed by atoms with E-state index in [4.69, 9.17) is 0 Å². The van der Waals surface area contributed by atoms with E-state index in [-0.39, 0.29) is 0 Å². The predicted octanol–water partition coefficient (Wildman–Crippen LogP) is 2.95. The smallest absolute Gasteiger partial charge is 0.134 e. The molecule has 0 aromatic carbocycles. The molecule has 1 aliphatic rings. The van der Waals surface area contributed by atoms with E-state index >= 15 is 0 Å². The molecule has 0 unspecified atom stereocenters. The van der Waals surface area contributed by atoms with Crippen LogP contribution in [0.4, 0.5) is 11.6 Å². The summed E-state index contributed by atoms with van der Waals surface area (Å²) < 4.78 is 0. The summed E-state index contributed by atoms with van der Waals surface area (Å²) in [7, 11) is 1.91. The van der Waals surface area contributed by atoms with E-state index in [0.29, 0.717) is 0 Å². The molecule has 1 aliphatic heterocycles. The number of nitrogens with one attached hydrogen (secondary N) is 1. The van der Waals surface area contributed by atoms with Crippen molar-refractivity contribution in [3.8, 4) is 0 Å². The van der Waals surface area contributed by atoms with Crippen LogP contribution in [0, 0.1) is 11.8 Å². The van der Waals surface area contributed by atoms with Crippen LogP contribution in [0.1, 0.15) is 39.4 Å². The lowest BCUT2D eigenvalue weighted by molar-refractivity contribution is 0.310. The summed E-state index contributed by atoms with van der Waals surface area (Å²) in [5.41, 5.74) is 0. The molecule has 0 spiro atoms. The van der Waals surface area contributed by atoms with E-state index in [2.05, 4.69) is 47.0 Å². The number of rotatable bonds is 4. The Hall–Kier alpha value is -1.32. The second-order valence-electron chi connectivity index (χ2n) is 5.70. The lowest BCUT2D eigenvalue weighted by Crippen LogP contribution is -2.36. The Morgan fingerprint density at radius 2 is 2.00 bits per heavy atom. The van der Waals surface area contributed by atoms with Crippen molar-refractivity contribution in [2.24, 2.45) is 11.8 Å². The van der Waals surface area contributed by atoms with Crippen LogP contribution in [-0.2, 0) is 6.42 Å². The number of anilines is 2. The third-order valence-electron chi connectivity index (χ3n) is 4.14. The number of hydrogen-bond donors (Lipinski definition) is 1. The average molecular weight is 262 g/mol. The molecule has 19 heavy (non-hydrogen) atoms. The monoisotopic (exact) mass is 262 g/mol. The zero-order valence-electron chi connectivity index (χ0n) is 12.6. The fourth-order valence-corrected chi connectivity index (χ4v) is 2.73. The summed E-state index contributed by atoms with van der Waals surface area (Å²) in [5.74, 6) is 4.60. The minimum absolute atomic E-state index is 0.798. The van der Waals surface area contributed by atoms with Crippen LogP contribution in [0.15, 0.2) is 6.07 Å². The maximum atomic E-state index is 4.67. The highest BCUT2D eigenvalue weighted by Crippen LogP contribution is 2.27. The van der Waals surface area contributed by atoms with Crippen LogP contribution < -0.4 is 10.2 Å². The van der Waals surface area contributed by atoms with Gasteiger partial charge < -0.3 is 10.2 Å². The van der Waals surface area contributed by atoms with E-state index < -0.39 is 0 Å².